The summed E-state index contributed by atoms with van der Waals surface area (Å²) in [7, 11) is 0. The molecule has 4 heteroatoms. The smallest absolute Gasteiger partial charge is 0.0564 e. The van der Waals surface area contributed by atoms with Gasteiger partial charge in [-0.25, -0.2) is 0 Å². The topological polar surface area (TPSA) is 24.9 Å². The van der Waals surface area contributed by atoms with Gasteiger partial charge in [-0.05, 0) is 25.5 Å². The van der Waals surface area contributed by atoms with E-state index < -0.39 is 6.19 Å². The molecule has 0 fully saturated rings. The van der Waals surface area contributed by atoms with Crippen molar-refractivity contribution in [2.24, 2.45) is 0 Å². The first-order valence-corrected chi connectivity index (χ1v) is 7.01. The number of rotatable bonds is 2. The number of hydrogen-bond acceptors (Lipinski definition) is 2. The van der Waals surface area contributed by atoms with Gasteiger partial charge in [-0.2, -0.15) is 0 Å². The second-order valence-corrected chi connectivity index (χ2v) is 8.37. The predicted octanol–water partition coefficient (Wildman–Crippen LogP) is 2.15. The predicted molar refractivity (Wildman–Crippen MR) is 54.0 cm³/mol. The fraction of sp³-hybridized carbons (Fsp3) is 0.286. The van der Waals surface area contributed by atoms with Crippen LogP contribution in [0.2, 0.25) is 0 Å². The molecule has 1 aromatic heterocycles. The molecule has 1 aromatic rings. The van der Waals surface area contributed by atoms with Crippen LogP contribution in [0.15, 0.2) is 24.5 Å². The molecule has 0 bridgehead atoms. The quantitative estimate of drug-likeness (QED) is 0.716. The van der Waals surface area contributed by atoms with Crippen molar-refractivity contribution in [3.05, 3.63) is 24.5 Å². The van der Waals surface area contributed by atoms with Gasteiger partial charge in [0.2, 0.25) is 0 Å². The molecular formula is C7H11N2PS. The fourth-order valence-corrected chi connectivity index (χ4v) is 1.81. The van der Waals surface area contributed by atoms with Crippen LogP contribution in [-0.4, -0.2) is 18.3 Å². The Balaban J connectivity index is 2.74. The van der Waals surface area contributed by atoms with E-state index in [1.54, 1.807) is 12.4 Å². The monoisotopic (exact) mass is 186 g/mol. The minimum absolute atomic E-state index is 1.01. The molecule has 0 radical (unpaired) electrons. The zero-order valence-corrected chi connectivity index (χ0v) is 8.32. The SMILES string of the molecule is CP(C)(=S)Nc1cccnc1. The maximum absolute atomic E-state index is 5.24. The molecule has 1 rings (SSSR count). The van der Waals surface area contributed by atoms with E-state index in [1.165, 1.54) is 0 Å². The van der Waals surface area contributed by atoms with Crippen molar-refractivity contribution < 1.29 is 0 Å². The number of hydrogen-bond donors (Lipinski definition) is 1. The Morgan fingerprint density at radius 1 is 1.55 bits per heavy atom. The van der Waals surface area contributed by atoms with Crippen LogP contribution in [0.5, 0.6) is 0 Å². The minimum Gasteiger partial charge on any atom is -0.356 e. The second-order valence-electron chi connectivity index (χ2n) is 2.70. The van der Waals surface area contributed by atoms with Crippen molar-refractivity contribution in [1.82, 2.24) is 4.98 Å². The number of nitrogens with zero attached hydrogens (tertiary/aromatic N) is 1. The molecule has 0 aliphatic heterocycles. The largest absolute Gasteiger partial charge is 0.356 e. The van der Waals surface area contributed by atoms with Gasteiger partial charge in [0.25, 0.3) is 0 Å². The van der Waals surface area contributed by atoms with Crippen LogP contribution >= 0.6 is 6.19 Å². The Bertz CT molecular complexity index is 267. The van der Waals surface area contributed by atoms with Gasteiger partial charge in [-0.15, -0.1) is 0 Å². The molecule has 0 unspecified atom stereocenters. The van der Waals surface area contributed by atoms with E-state index in [0.717, 1.165) is 5.69 Å². The van der Waals surface area contributed by atoms with Gasteiger partial charge >= 0.3 is 0 Å². The molecule has 0 aliphatic rings. The first-order valence-electron chi connectivity index (χ1n) is 3.31. The van der Waals surface area contributed by atoms with Gasteiger partial charge in [-0.3, -0.25) is 4.98 Å². The van der Waals surface area contributed by atoms with Crippen LogP contribution in [-0.2, 0) is 11.8 Å². The maximum Gasteiger partial charge on any atom is 0.0564 e. The van der Waals surface area contributed by atoms with Crippen molar-refractivity contribution in [2.45, 2.75) is 0 Å². The second kappa shape index (κ2) is 3.33. The van der Waals surface area contributed by atoms with Crippen LogP contribution in [0.3, 0.4) is 0 Å². The summed E-state index contributed by atoms with van der Waals surface area (Å²) in [5.41, 5.74) is 1.01. The molecule has 0 atom stereocenters. The summed E-state index contributed by atoms with van der Waals surface area (Å²) in [5.74, 6) is 0. The van der Waals surface area contributed by atoms with E-state index in [2.05, 4.69) is 23.4 Å². The molecule has 0 saturated heterocycles. The highest BCUT2D eigenvalue weighted by atomic mass is 32.4. The average Bonchev–Trinajstić information content (AvgIpc) is 1.85. The number of pyridine rings is 1. The van der Waals surface area contributed by atoms with E-state index in [4.69, 9.17) is 11.8 Å². The van der Waals surface area contributed by atoms with Crippen LogP contribution in [0.25, 0.3) is 0 Å². The van der Waals surface area contributed by atoms with Gasteiger partial charge in [0.05, 0.1) is 11.9 Å². The summed E-state index contributed by atoms with van der Waals surface area (Å²) in [6.45, 7) is 4.10. The van der Waals surface area contributed by atoms with Gasteiger partial charge < -0.3 is 5.09 Å². The summed E-state index contributed by atoms with van der Waals surface area (Å²) in [4.78, 5) is 3.98. The first kappa shape index (κ1) is 8.69. The summed E-state index contributed by atoms with van der Waals surface area (Å²) >= 11 is 5.24. The Hall–Kier alpha value is -0.400. The zero-order valence-electron chi connectivity index (χ0n) is 6.61. The standard InChI is InChI=1S/C7H11N2PS/c1-10(2,11)9-7-4-3-5-8-6-7/h3-6H,1-2H3,(H,9,11). The first-order chi connectivity index (χ1) is 5.08. The molecule has 60 valence electrons. The lowest BCUT2D eigenvalue weighted by Gasteiger charge is -2.12. The van der Waals surface area contributed by atoms with E-state index >= 15 is 0 Å². The lowest BCUT2D eigenvalue weighted by Crippen LogP contribution is -1.92. The van der Waals surface area contributed by atoms with E-state index in [1.807, 2.05) is 12.1 Å². The van der Waals surface area contributed by atoms with Crippen molar-refractivity contribution in [3.8, 4) is 0 Å². The van der Waals surface area contributed by atoms with Crippen molar-refractivity contribution >= 4 is 23.7 Å². The van der Waals surface area contributed by atoms with E-state index in [-0.39, 0.29) is 0 Å². The third-order valence-electron chi connectivity index (χ3n) is 1.06. The van der Waals surface area contributed by atoms with E-state index in [9.17, 15) is 0 Å². The molecule has 0 aliphatic carbocycles. The molecule has 1 heterocycles. The highest BCUT2D eigenvalue weighted by molar-refractivity contribution is 8.14. The average molecular weight is 186 g/mol. The minimum atomic E-state index is -1.34. The van der Waals surface area contributed by atoms with Crippen LogP contribution in [0.4, 0.5) is 5.69 Å². The molecular weight excluding hydrogens is 175 g/mol. The van der Waals surface area contributed by atoms with Gasteiger partial charge in [0, 0.05) is 12.4 Å². The number of aromatic nitrogens is 1. The van der Waals surface area contributed by atoms with Crippen molar-refractivity contribution in [1.29, 1.82) is 0 Å². The van der Waals surface area contributed by atoms with Gasteiger partial charge in [0.1, 0.15) is 0 Å². The van der Waals surface area contributed by atoms with Gasteiger partial charge in [0.15, 0.2) is 0 Å². The lowest BCUT2D eigenvalue weighted by atomic mass is 10.4. The lowest BCUT2D eigenvalue weighted by molar-refractivity contribution is 1.33. The summed E-state index contributed by atoms with van der Waals surface area (Å²) in [6, 6.07) is 3.87. The third kappa shape index (κ3) is 3.49. The Labute approximate surface area is 72.1 Å². The highest BCUT2D eigenvalue weighted by Crippen LogP contribution is 2.36. The molecule has 0 aromatic carbocycles. The van der Waals surface area contributed by atoms with Crippen molar-refractivity contribution in [3.63, 3.8) is 0 Å². The molecule has 11 heavy (non-hydrogen) atoms. The molecule has 2 nitrogen and oxygen atoms in total. The van der Waals surface area contributed by atoms with Crippen LogP contribution in [0.1, 0.15) is 0 Å². The highest BCUT2D eigenvalue weighted by Gasteiger charge is 1.99. The molecule has 0 amide bonds. The molecule has 1 N–H and O–H groups in total. The Kier molecular flexibility index (Phi) is 2.63. The number of anilines is 1. The molecule has 0 saturated carbocycles. The summed E-state index contributed by atoms with van der Waals surface area (Å²) in [6.07, 6.45) is 2.19. The van der Waals surface area contributed by atoms with Gasteiger partial charge in [-0.1, -0.05) is 11.8 Å². The fourth-order valence-electron chi connectivity index (χ4n) is 0.740. The third-order valence-corrected chi connectivity index (χ3v) is 2.13. The Morgan fingerprint density at radius 3 is 2.73 bits per heavy atom. The zero-order chi connectivity index (χ0) is 8.32. The summed E-state index contributed by atoms with van der Waals surface area (Å²) < 4.78 is 0. The number of nitrogens with one attached hydrogen (secondary N) is 1. The Morgan fingerprint density at radius 2 is 2.27 bits per heavy atom. The van der Waals surface area contributed by atoms with Crippen LogP contribution < -0.4 is 5.09 Å². The van der Waals surface area contributed by atoms with Crippen molar-refractivity contribution in [2.75, 3.05) is 18.4 Å². The molecule has 0 spiro atoms. The summed E-state index contributed by atoms with van der Waals surface area (Å²) in [5, 5.41) is 3.24. The van der Waals surface area contributed by atoms with Crippen LogP contribution in [0, 0.1) is 0 Å². The normalized spacial score (nSPS) is 11.1. The maximum atomic E-state index is 5.24. The van der Waals surface area contributed by atoms with E-state index in [0.29, 0.717) is 0 Å².